The van der Waals surface area contributed by atoms with Crippen LogP contribution in [0.2, 0.25) is 0 Å². The largest absolute Gasteiger partial charge is 0.480 e. The number of ether oxygens (including phenoxy) is 2. The maximum Gasteiger partial charge on any atom is 0.472 e. The van der Waals surface area contributed by atoms with E-state index < -0.39 is 51.1 Å². The van der Waals surface area contributed by atoms with Crippen molar-refractivity contribution in [2.45, 2.75) is 238 Å². The number of phosphoric ester groups is 1. The minimum absolute atomic E-state index is 0.170. The van der Waals surface area contributed by atoms with Gasteiger partial charge in [0, 0.05) is 12.8 Å². The lowest BCUT2D eigenvalue weighted by atomic mass is 10.0. The van der Waals surface area contributed by atoms with Gasteiger partial charge in [0.25, 0.3) is 0 Å². The Morgan fingerprint density at radius 3 is 1.15 bits per heavy atom. The Morgan fingerprint density at radius 2 is 0.800 bits per heavy atom. The van der Waals surface area contributed by atoms with E-state index in [1.54, 1.807) is 0 Å². The average molecular weight is 806 g/mol. The van der Waals surface area contributed by atoms with E-state index in [0.29, 0.717) is 12.8 Å². The normalized spacial score (nSPS) is 13.7. The number of phosphoric acid groups is 1. The minimum Gasteiger partial charge on any atom is -0.480 e. The van der Waals surface area contributed by atoms with E-state index in [9.17, 15) is 23.8 Å². The smallest absolute Gasteiger partial charge is 0.472 e. The molecule has 0 amide bonds. The van der Waals surface area contributed by atoms with Crippen LogP contribution in [0.3, 0.4) is 0 Å². The molecule has 4 N–H and O–H groups in total. The molecule has 0 aromatic heterocycles. The van der Waals surface area contributed by atoms with Crippen LogP contribution in [0.25, 0.3) is 0 Å². The number of carbonyl (C=O) groups is 3. The molecule has 0 spiro atoms. The Hall–Kier alpha value is -1.52. The van der Waals surface area contributed by atoms with Crippen molar-refractivity contribution in [3.63, 3.8) is 0 Å². The fourth-order valence-electron chi connectivity index (χ4n) is 6.54. The van der Waals surface area contributed by atoms with Gasteiger partial charge in [-0.15, -0.1) is 0 Å². The van der Waals surface area contributed by atoms with Crippen molar-refractivity contribution in [2.75, 3.05) is 19.8 Å². The molecule has 55 heavy (non-hydrogen) atoms. The quantitative estimate of drug-likeness (QED) is 0.0304. The van der Waals surface area contributed by atoms with Crippen molar-refractivity contribution in [3.05, 3.63) is 0 Å². The molecular weight excluding hydrogens is 721 g/mol. The molecule has 11 nitrogen and oxygen atoms in total. The molecule has 0 rings (SSSR count). The first-order valence-corrected chi connectivity index (χ1v) is 24.1. The number of carboxylic acid groups (broad SMARTS) is 1. The lowest BCUT2D eigenvalue weighted by Crippen LogP contribution is -2.34. The topological polar surface area (TPSA) is 172 Å². The fraction of sp³-hybridized carbons (Fsp3) is 0.930. The predicted octanol–water partition coefficient (Wildman–Crippen LogP) is 11.9. The van der Waals surface area contributed by atoms with Crippen molar-refractivity contribution in [1.29, 1.82) is 0 Å². The van der Waals surface area contributed by atoms with E-state index in [2.05, 4.69) is 18.4 Å². The van der Waals surface area contributed by atoms with E-state index in [4.69, 9.17) is 24.8 Å². The summed E-state index contributed by atoms with van der Waals surface area (Å²) in [5.41, 5.74) is 5.33. The molecule has 0 saturated heterocycles. The Labute approximate surface area is 335 Å². The Morgan fingerprint density at radius 1 is 0.491 bits per heavy atom. The minimum atomic E-state index is -4.71. The van der Waals surface area contributed by atoms with E-state index in [1.165, 1.54) is 148 Å². The summed E-state index contributed by atoms with van der Waals surface area (Å²) in [4.78, 5) is 45.9. The van der Waals surface area contributed by atoms with Gasteiger partial charge in [0.2, 0.25) is 0 Å². The monoisotopic (exact) mass is 806 g/mol. The van der Waals surface area contributed by atoms with Crippen molar-refractivity contribution in [3.8, 4) is 0 Å². The zero-order chi connectivity index (χ0) is 40.7. The number of unbranched alkanes of at least 4 members (excludes halogenated alkanes) is 29. The maximum atomic E-state index is 12.6. The first-order chi connectivity index (χ1) is 26.6. The molecule has 0 saturated carbocycles. The summed E-state index contributed by atoms with van der Waals surface area (Å²) in [6.45, 7) is 2.84. The highest BCUT2D eigenvalue weighted by molar-refractivity contribution is 7.47. The highest BCUT2D eigenvalue weighted by Gasteiger charge is 2.28. The molecule has 0 aromatic carbocycles. The lowest BCUT2D eigenvalue weighted by Gasteiger charge is -2.20. The summed E-state index contributed by atoms with van der Waals surface area (Å²) in [7, 11) is -4.71. The molecule has 0 bridgehead atoms. The van der Waals surface area contributed by atoms with Crippen molar-refractivity contribution in [1.82, 2.24) is 0 Å². The van der Waals surface area contributed by atoms with Crippen LogP contribution in [0.5, 0.6) is 0 Å². The number of esters is 2. The standard InChI is InChI=1S/C43H84NO10P/c1-3-5-7-9-11-13-15-17-18-19-20-21-23-25-27-29-31-33-35-42(46)54-39(37-52-55(49,50)53-38-40(44)43(47)48)36-51-41(45)34-32-30-28-26-24-22-16-14-12-10-8-6-4-2/h39-40H,3-38,44H2,1-2H3,(H,47,48)(H,49,50). The third-order valence-electron chi connectivity index (χ3n) is 10.1. The fourth-order valence-corrected chi connectivity index (χ4v) is 7.32. The van der Waals surface area contributed by atoms with Gasteiger partial charge in [0.1, 0.15) is 12.6 Å². The summed E-state index contributed by atoms with van der Waals surface area (Å²) in [5.74, 6) is -2.36. The second-order valence-corrected chi connectivity index (χ2v) is 17.0. The first kappa shape index (κ1) is 53.5. The SMILES string of the molecule is CCCCCCCCCCCCCCCCCCCCC(=O)OC(COC(=O)CCCCCCCCCCCCCCC)COP(=O)(O)OCC(N)C(=O)O. The molecule has 0 aliphatic rings. The molecule has 0 fully saturated rings. The Bertz CT molecular complexity index is 952. The molecule has 0 aliphatic carbocycles. The summed E-state index contributed by atoms with van der Waals surface area (Å²) < 4.78 is 32.7. The van der Waals surface area contributed by atoms with Gasteiger partial charge in [-0.1, -0.05) is 200 Å². The van der Waals surface area contributed by atoms with Crippen LogP contribution in [-0.2, 0) is 37.5 Å². The van der Waals surface area contributed by atoms with Gasteiger partial charge >= 0.3 is 25.7 Å². The van der Waals surface area contributed by atoms with Crippen LogP contribution >= 0.6 is 7.82 Å². The molecule has 0 aromatic rings. The van der Waals surface area contributed by atoms with Crippen LogP contribution in [0, 0.1) is 0 Å². The second kappa shape index (κ2) is 39.3. The van der Waals surface area contributed by atoms with E-state index in [0.717, 1.165) is 38.5 Å². The summed E-state index contributed by atoms with van der Waals surface area (Å²) in [6, 6.07) is -1.52. The molecule has 0 aliphatic heterocycles. The summed E-state index contributed by atoms with van der Waals surface area (Å²) in [6.07, 6.45) is 37.3. The lowest BCUT2D eigenvalue weighted by molar-refractivity contribution is -0.161. The molecule has 0 radical (unpaired) electrons. The van der Waals surface area contributed by atoms with E-state index >= 15 is 0 Å². The third kappa shape index (κ3) is 39.1. The van der Waals surface area contributed by atoms with Gasteiger partial charge in [-0.05, 0) is 12.8 Å². The zero-order valence-corrected chi connectivity index (χ0v) is 36.2. The van der Waals surface area contributed by atoms with Gasteiger partial charge < -0.3 is 25.2 Å². The predicted molar refractivity (Wildman–Crippen MR) is 222 cm³/mol. The molecular formula is C43H84NO10P. The number of aliphatic carboxylic acids is 1. The van der Waals surface area contributed by atoms with Crippen molar-refractivity contribution < 1.29 is 47.5 Å². The van der Waals surface area contributed by atoms with Crippen LogP contribution in [0.4, 0.5) is 0 Å². The number of hydrogen-bond donors (Lipinski definition) is 3. The summed E-state index contributed by atoms with van der Waals surface area (Å²) >= 11 is 0. The van der Waals surface area contributed by atoms with Crippen LogP contribution in [-0.4, -0.2) is 59.9 Å². The summed E-state index contributed by atoms with van der Waals surface area (Å²) in [5, 5.41) is 8.89. The highest BCUT2D eigenvalue weighted by Crippen LogP contribution is 2.43. The molecule has 3 atom stereocenters. The number of nitrogens with two attached hydrogens (primary N) is 1. The van der Waals surface area contributed by atoms with Gasteiger partial charge in [-0.2, -0.15) is 0 Å². The highest BCUT2D eigenvalue weighted by atomic mass is 31.2. The van der Waals surface area contributed by atoms with Gasteiger partial charge in [-0.25, -0.2) is 4.57 Å². The van der Waals surface area contributed by atoms with Crippen molar-refractivity contribution >= 4 is 25.7 Å². The molecule has 12 heteroatoms. The number of carbonyl (C=O) groups excluding carboxylic acids is 2. The number of rotatable bonds is 43. The number of hydrogen-bond acceptors (Lipinski definition) is 9. The van der Waals surface area contributed by atoms with Gasteiger partial charge in [0.05, 0.1) is 13.2 Å². The Balaban J connectivity index is 4.28. The Kier molecular flexibility index (Phi) is 38.2. The third-order valence-corrected chi connectivity index (χ3v) is 11.1. The van der Waals surface area contributed by atoms with E-state index in [-0.39, 0.29) is 19.4 Å². The van der Waals surface area contributed by atoms with Gasteiger partial charge in [-0.3, -0.25) is 23.4 Å². The molecule has 3 unspecified atom stereocenters. The zero-order valence-electron chi connectivity index (χ0n) is 35.3. The average Bonchev–Trinajstić information content (AvgIpc) is 3.16. The van der Waals surface area contributed by atoms with Crippen LogP contribution < -0.4 is 5.73 Å². The van der Waals surface area contributed by atoms with Gasteiger partial charge in [0.15, 0.2) is 6.10 Å². The first-order valence-electron chi connectivity index (χ1n) is 22.6. The van der Waals surface area contributed by atoms with Crippen LogP contribution in [0.1, 0.15) is 226 Å². The van der Waals surface area contributed by atoms with E-state index in [1.807, 2.05) is 0 Å². The second-order valence-electron chi connectivity index (χ2n) is 15.6. The maximum absolute atomic E-state index is 12.6. The molecule has 0 heterocycles. The molecule has 326 valence electrons. The van der Waals surface area contributed by atoms with Crippen molar-refractivity contribution in [2.24, 2.45) is 5.73 Å². The van der Waals surface area contributed by atoms with Crippen LogP contribution in [0.15, 0.2) is 0 Å². The number of carboxylic acids is 1.